The number of carbonyl (C=O) groups excluding carboxylic acids is 1. The number of nitrogens with zero attached hydrogens (tertiary/aromatic N) is 2. The van der Waals surface area contributed by atoms with Crippen LogP contribution in [0.4, 0.5) is 0 Å². The lowest BCUT2D eigenvalue weighted by Crippen LogP contribution is -2.26. The van der Waals surface area contributed by atoms with Crippen molar-refractivity contribution in [1.29, 1.82) is 0 Å². The minimum Gasteiger partial charge on any atom is -0.366 e. The number of primary amides is 1. The average Bonchev–Trinajstić information content (AvgIpc) is 2.70. The fraction of sp³-hybridized carbons (Fsp3) is 0.0667. The number of nitrogens with two attached hydrogens (primary N) is 1. The van der Waals surface area contributed by atoms with Gasteiger partial charge >= 0.3 is 0 Å². The molecule has 4 nitrogen and oxygen atoms in total. The van der Waals surface area contributed by atoms with Gasteiger partial charge < -0.3 is 10.6 Å². The molecular formula is C15H13N3O. The fourth-order valence-corrected chi connectivity index (χ4v) is 2.15. The van der Waals surface area contributed by atoms with Gasteiger partial charge in [-0.2, -0.15) is 0 Å². The molecule has 0 saturated carbocycles. The maximum atomic E-state index is 10.7. The first-order valence-electron chi connectivity index (χ1n) is 6.02. The van der Waals surface area contributed by atoms with E-state index in [0.717, 1.165) is 28.4 Å². The van der Waals surface area contributed by atoms with Gasteiger partial charge in [-0.3, -0.25) is 9.79 Å². The summed E-state index contributed by atoms with van der Waals surface area (Å²) in [7, 11) is 0. The number of hydrogen-bond donors (Lipinski definition) is 1. The summed E-state index contributed by atoms with van der Waals surface area (Å²) in [5.41, 5.74) is 7.15. The van der Waals surface area contributed by atoms with Gasteiger partial charge in [0.2, 0.25) is 5.91 Å². The van der Waals surface area contributed by atoms with Gasteiger partial charge in [0.05, 0.1) is 17.3 Å². The molecule has 0 bridgehead atoms. The molecule has 2 aliphatic heterocycles. The van der Waals surface area contributed by atoms with Crippen molar-refractivity contribution in [3.63, 3.8) is 0 Å². The highest BCUT2D eigenvalue weighted by atomic mass is 16.1. The van der Waals surface area contributed by atoms with Crippen molar-refractivity contribution in [2.45, 2.75) is 0 Å². The van der Waals surface area contributed by atoms with Gasteiger partial charge in [-0.05, 0) is 17.7 Å². The molecule has 3 rings (SSSR count). The standard InChI is InChI=1S/C15H13N3O/c16-15(19)6-5-11-7-13-8-17-14-4-2-1-3-12(14)10-18(13)9-11/h1-8,10H,9H2,(H2,16,19). The minimum atomic E-state index is -0.434. The van der Waals surface area contributed by atoms with Crippen molar-refractivity contribution < 1.29 is 4.79 Å². The number of amides is 1. The van der Waals surface area contributed by atoms with Crippen molar-refractivity contribution in [3.8, 4) is 0 Å². The van der Waals surface area contributed by atoms with Crippen molar-refractivity contribution in [2.24, 2.45) is 10.7 Å². The molecule has 0 radical (unpaired) electrons. The highest BCUT2D eigenvalue weighted by Crippen LogP contribution is 2.21. The molecule has 2 N–H and O–H groups in total. The Labute approximate surface area is 110 Å². The van der Waals surface area contributed by atoms with E-state index >= 15 is 0 Å². The first-order chi connectivity index (χ1) is 9.22. The SMILES string of the molecule is NC(=O)C=CC1=CC2=CN=c3ccccc3=CN2C1. The normalized spacial score (nSPS) is 16.7. The molecule has 0 fully saturated rings. The van der Waals surface area contributed by atoms with Crippen LogP contribution in [0, 0.1) is 0 Å². The zero-order chi connectivity index (χ0) is 13.2. The van der Waals surface area contributed by atoms with Crippen molar-refractivity contribution >= 4 is 12.1 Å². The van der Waals surface area contributed by atoms with Crippen LogP contribution < -0.4 is 16.3 Å². The smallest absolute Gasteiger partial charge is 0.241 e. The number of fused-ring (bicyclic) bond motifs is 2. The molecule has 0 atom stereocenters. The second-order valence-corrected chi connectivity index (χ2v) is 4.45. The van der Waals surface area contributed by atoms with E-state index in [2.05, 4.69) is 16.1 Å². The van der Waals surface area contributed by atoms with E-state index in [9.17, 15) is 4.79 Å². The third-order valence-electron chi connectivity index (χ3n) is 3.05. The van der Waals surface area contributed by atoms with E-state index in [1.807, 2.05) is 36.5 Å². The van der Waals surface area contributed by atoms with Crippen molar-refractivity contribution in [2.75, 3.05) is 6.54 Å². The first kappa shape index (κ1) is 11.5. The maximum Gasteiger partial charge on any atom is 0.241 e. The summed E-state index contributed by atoms with van der Waals surface area (Å²) in [6.45, 7) is 0.722. The van der Waals surface area contributed by atoms with Crippen molar-refractivity contribution in [1.82, 2.24) is 4.90 Å². The van der Waals surface area contributed by atoms with Gasteiger partial charge in [-0.25, -0.2) is 0 Å². The Balaban J connectivity index is 1.98. The average molecular weight is 251 g/mol. The van der Waals surface area contributed by atoms with E-state index in [-0.39, 0.29) is 0 Å². The first-order valence-corrected chi connectivity index (χ1v) is 6.02. The summed E-state index contributed by atoms with van der Waals surface area (Å²) in [4.78, 5) is 17.3. The Morgan fingerprint density at radius 2 is 2.21 bits per heavy atom. The number of benzene rings is 1. The van der Waals surface area contributed by atoms with Crippen LogP contribution in [0.5, 0.6) is 0 Å². The molecule has 2 aliphatic rings. The summed E-state index contributed by atoms with van der Waals surface area (Å²) in [5, 5.41) is 2.05. The van der Waals surface area contributed by atoms with Crippen molar-refractivity contribution in [3.05, 3.63) is 70.5 Å². The molecule has 0 saturated heterocycles. The lowest BCUT2D eigenvalue weighted by Gasteiger charge is -2.12. The van der Waals surface area contributed by atoms with E-state index in [0.29, 0.717) is 0 Å². The largest absolute Gasteiger partial charge is 0.366 e. The van der Waals surface area contributed by atoms with Gasteiger partial charge in [0.15, 0.2) is 0 Å². The van der Waals surface area contributed by atoms with Crippen LogP contribution in [0.15, 0.2) is 65.0 Å². The third kappa shape index (κ3) is 2.33. The highest BCUT2D eigenvalue weighted by molar-refractivity contribution is 5.86. The zero-order valence-corrected chi connectivity index (χ0v) is 10.3. The topological polar surface area (TPSA) is 58.7 Å². The molecule has 0 aliphatic carbocycles. The number of hydrogen-bond acceptors (Lipinski definition) is 3. The number of allylic oxidation sites excluding steroid dienone is 1. The van der Waals surface area contributed by atoms with Crippen LogP contribution in [0.25, 0.3) is 6.20 Å². The summed E-state index contributed by atoms with van der Waals surface area (Å²) in [6.07, 6.45) is 9.04. The molecule has 94 valence electrons. The Kier molecular flexibility index (Phi) is 2.76. The summed E-state index contributed by atoms with van der Waals surface area (Å²) < 4.78 is 0. The fourth-order valence-electron chi connectivity index (χ4n) is 2.15. The summed E-state index contributed by atoms with van der Waals surface area (Å²) in [5.74, 6) is -0.434. The second-order valence-electron chi connectivity index (χ2n) is 4.45. The highest BCUT2D eigenvalue weighted by Gasteiger charge is 2.15. The van der Waals surface area contributed by atoms with Crippen LogP contribution in [0.2, 0.25) is 0 Å². The summed E-state index contributed by atoms with van der Waals surface area (Å²) in [6, 6.07) is 7.99. The predicted molar refractivity (Wildman–Crippen MR) is 72.9 cm³/mol. The van der Waals surface area contributed by atoms with Crippen LogP contribution in [-0.4, -0.2) is 17.4 Å². The molecular weight excluding hydrogens is 238 g/mol. The lowest BCUT2D eigenvalue weighted by molar-refractivity contribution is -0.113. The number of carbonyl (C=O) groups is 1. The van der Waals surface area contributed by atoms with E-state index < -0.39 is 5.91 Å². The zero-order valence-electron chi connectivity index (χ0n) is 10.3. The molecule has 1 amide bonds. The Morgan fingerprint density at radius 1 is 1.37 bits per heavy atom. The number of rotatable bonds is 2. The monoisotopic (exact) mass is 251 g/mol. The minimum absolute atomic E-state index is 0.434. The van der Waals surface area contributed by atoms with Gasteiger partial charge in [0.25, 0.3) is 0 Å². The number of para-hydroxylation sites is 1. The quantitative estimate of drug-likeness (QED) is 0.762. The third-order valence-corrected chi connectivity index (χ3v) is 3.05. The van der Waals surface area contributed by atoms with Crippen LogP contribution in [-0.2, 0) is 4.79 Å². The van der Waals surface area contributed by atoms with E-state index in [4.69, 9.17) is 5.73 Å². The molecule has 19 heavy (non-hydrogen) atoms. The van der Waals surface area contributed by atoms with Crippen LogP contribution in [0.1, 0.15) is 0 Å². The second kappa shape index (κ2) is 4.57. The molecule has 0 aromatic heterocycles. The van der Waals surface area contributed by atoms with Gasteiger partial charge in [0, 0.05) is 24.0 Å². The molecule has 1 aromatic rings. The van der Waals surface area contributed by atoms with Crippen LogP contribution in [0.3, 0.4) is 0 Å². The molecule has 4 heteroatoms. The summed E-state index contributed by atoms with van der Waals surface area (Å²) >= 11 is 0. The Hall–Kier alpha value is -2.62. The molecule has 1 aromatic carbocycles. The van der Waals surface area contributed by atoms with Gasteiger partial charge in [-0.15, -0.1) is 0 Å². The Morgan fingerprint density at radius 3 is 3.05 bits per heavy atom. The van der Waals surface area contributed by atoms with E-state index in [1.54, 1.807) is 6.08 Å². The molecule has 0 unspecified atom stereocenters. The molecule has 0 spiro atoms. The maximum absolute atomic E-state index is 10.7. The van der Waals surface area contributed by atoms with Gasteiger partial charge in [0.1, 0.15) is 0 Å². The van der Waals surface area contributed by atoms with Crippen LogP contribution >= 0.6 is 0 Å². The molecule has 2 heterocycles. The van der Waals surface area contributed by atoms with Gasteiger partial charge in [-0.1, -0.05) is 24.3 Å². The lowest BCUT2D eigenvalue weighted by atomic mass is 10.2. The van der Waals surface area contributed by atoms with E-state index in [1.165, 1.54) is 6.08 Å². The Bertz CT molecular complexity index is 741. The predicted octanol–water partition coefficient (Wildman–Crippen LogP) is 0.183.